The summed E-state index contributed by atoms with van der Waals surface area (Å²) < 4.78 is 16.7. The smallest absolute Gasteiger partial charge is 0.363 e. The molecule has 0 spiro atoms. The molecule has 1 aliphatic rings. The van der Waals surface area contributed by atoms with E-state index in [-0.39, 0.29) is 11.6 Å². The molecule has 0 aliphatic carbocycles. The zero-order chi connectivity index (χ0) is 20.3. The van der Waals surface area contributed by atoms with Crippen molar-refractivity contribution in [3.8, 4) is 11.5 Å². The van der Waals surface area contributed by atoms with E-state index in [4.69, 9.17) is 25.8 Å². The third-order valence-corrected chi connectivity index (χ3v) is 4.65. The Balaban J connectivity index is 1.96. The Morgan fingerprint density at radius 2 is 2.00 bits per heavy atom. The second kappa shape index (κ2) is 8.74. The number of hydrogen-bond donors (Lipinski definition) is 0. The van der Waals surface area contributed by atoms with Crippen molar-refractivity contribution in [2.45, 2.75) is 13.8 Å². The first-order chi connectivity index (χ1) is 13.4. The van der Waals surface area contributed by atoms with Crippen molar-refractivity contribution in [2.75, 3.05) is 6.61 Å². The summed E-state index contributed by atoms with van der Waals surface area (Å²) in [5.41, 5.74) is 1.47. The Kier molecular flexibility index (Phi) is 6.35. The lowest BCUT2D eigenvalue weighted by atomic mass is 10.1. The van der Waals surface area contributed by atoms with Gasteiger partial charge in [-0.2, -0.15) is 0 Å². The maximum atomic E-state index is 12.2. The van der Waals surface area contributed by atoms with Gasteiger partial charge in [0.1, 0.15) is 0 Å². The Labute approximate surface area is 180 Å². The van der Waals surface area contributed by atoms with Gasteiger partial charge in [-0.3, -0.25) is 4.79 Å². The molecule has 1 aliphatic heterocycles. The van der Waals surface area contributed by atoms with Crippen molar-refractivity contribution in [1.82, 2.24) is 0 Å². The van der Waals surface area contributed by atoms with Crippen LogP contribution in [0.5, 0.6) is 11.5 Å². The highest BCUT2D eigenvalue weighted by atomic mass is 127. The van der Waals surface area contributed by atoms with E-state index >= 15 is 0 Å². The molecule has 1 heterocycles. The average Bonchev–Trinajstić information content (AvgIpc) is 2.99. The number of carbonyl (C=O) groups excluding carboxylic acids is 2. The Morgan fingerprint density at radius 1 is 1.29 bits per heavy atom. The van der Waals surface area contributed by atoms with Gasteiger partial charge in [-0.15, -0.1) is 0 Å². The number of benzene rings is 2. The van der Waals surface area contributed by atoms with E-state index in [2.05, 4.69) is 4.99 Å². The minimum Gasteiger partial charge on any atom is -0.490 e. The number of aliphatic imine (C=N–C) groups is 1. The summed E-state index contributed by atoms with van der Waals surface area (Å²) in [5, 5.41) is 0.579. The fourth-order valence-electron chi connectivity index (χ4n) is 2.46. The van der Waals surface area contributed by atoms with Crippen LogP contribution in [0.3, 0.4) is 0 Å². The van der Waals surface area contributed by atoms with E-state index in [1.807, 2.05) is 29.5 Å². The fraction of sp³-hybridized carbons (Fsp3) is 0.150. The number of cyclic esters (lactones) is 1. The number of rotatable bonds is 5. The average molecular weight is 512 g/mol. The quantitative estimate of drug-likeness (QED) is 0.254. The second-order valence-corrected chi connectivity index (χ2v) is 7.30. The van der Waals surface area contributed by atoms with Crippen LogP contribution in [0.15, 0.2) is 47.1 Å². The van der Waals surface area contributed by atoms with Crippen LogP contribution in [0.2, 0.25) is 5.02 Å². The maximum Gasteiger partial charge on any atom is 0.363 e. The predicted octanol–water partition coefficient (Wildman–Crippen LogP) is 4.61. The van der Waals surface area contributed by atoms with Crippen molar-refractivity contribution in [2.24, 2.45) is 4.99 Å². The molecule has 144 valence electrons. The monoisotopic (exact) mass is 511 g/mol. The van der Waals surface area contributed by atoms with Crippen LogP contribution in [0, 0.1) is 3.57 Å². The Bertz CT molecular complexity index is 998. The van der Waals surface area contributed by atoms with Crippen molar-refractivity contribution in [3.05, 3.63) is 61.8 Å². The van der Waals surface area contributed by atoms with Gasteiger partial charge in [0.25, 0.3) is 0 Å². The van der Waals surface area contributed by atoms with Crippen molar-refractivity contribution < 1.29 is 23.8 Å². The predicted molar refractivity (Wildman–Crippen MR) is 114 cm³/mol. The molecule has 28 heavy (non-hydrogen) atoms. The minimum absolute atomic E-state index is 0.156. The standard InChI is InChI=1S/C20H15ClINO5/c1-3-26-17-10-12(8-15(22)18(17)27-11(2)24)9-16-20(25)28-19(23-16)13-4-6-14(21)7-5-13/h4-10H,3H2,1-2H3/b16-9-. The van der Waals surface area contributed by atoms with Crippen LogP contribution in [-0.2, 0) is 14.3 Å². The van der Waals surface area contributed by atoms with Crippen molar-refractivity contribution in [3.63, 3.8) is 0 Å². The lowest BCUT2D eigenvalue weighted by Gasteiger charge is -2.12. The van der Waals surface area contributed by atoms with E-state index in [1.54, 1.807) is 42.5 Å². The Morgan fingerprint density at radius 3 is 2.64 bits per heavy atom. The van der Waals surface area contributed by atoms with E-state index in [0.717, 1.165) is 0 Å². The number of ether oxygens (including phenoxy) is 3. The molecule has 3 rings (SSSR count). The van der Waals surface area contributed by atoms with Gasteiger partial charge in [-0.1, -0.05) is 11.6 Å². The number of hydrogen-bond acceptors (Lipinski definition) is 6. The zero-order valence-electron chi connectivity index (χ0n) is 15.0. The van der Waals surface area contributed by atoms with Gasteiger partial charge in [0, 0.05) is 17.5 Å². The maximum absolute atomic E-state index is 12.2. The number of carbonyl (C=O) groups is 2. The third kappa shape index (κ3) is 4.71. The van der Waals surface area contributed by atoms with Crippen LogP contribution >= 0.6 is 34.2 Å². The van der Waals surface area contributed by atoms with Gasteiger partial charge in [-0.25, -0.2) is 9.79 Å². The van der Waals surface area contributed by atoms with Crippen LogP contribution in [-0.4, -0.2) is 24.4 Å². The first kappa shape index (κ1) is 20.3. The molecular formula is C20H15ClINO5. The normalized spacial score (nSPS) is 14.6. The molecule has 0 aromatic heterocycles. The van der Waals surface area contributed by atoms with E-state index < -0.39 is 11.9 Å². The summed E-state index contributed by atoms with van der Waals surface area (Å²) in [6.07, 6.45) is 1.59. The van der Waals surface area contributed by atoms with Crippen LogP contribution in [0.4, 0.5) is 0 Å². The van der Waals surface area contributed by atoms with Gasteiger partial charge in [0.05, 0.1) is 10.2 Å². The molecule has 0 radical (unpaired) electrons. The van der Waals surface area contributed by atoms with Gasteiger partial charge < -0.3 is 14.2 Å². The van der Waals surface area contributed by atoms with Crippen molar-refractivity contribution in [1.29, 1.82) is 0 Å². The number of nitrogens with zero attached hydrogens (tertiary/aromatic N) is 1. The van der Waals surface area contributed by atoms with E-state index in [9.17, 15) is 9.59 Å². The van der Waals surface area contributed by atoms with Gasteiger partial charge in [0.15, 0.2) is 17.2 Å². The molecule has 6 nitrogen and oxygen atoms in total. The summed E-state index contributed by atoms with van der Waals surface area (Å²) in [7, 11) is 0. The first-order valence-electron chi connectivity index (χ1n) is 8.30. The molecule has 2 aromatic carbocycles. The second-order valence-electron chi connectivity index (χ2n) is 5.70. The highest BCUT2D eigenvalue weighted by Gasteiger charge is 2.24. The molecule has 0 fully saturated rings. The van der Waals surface area contributed by atoms with E-state index in [1.165, 1.54) is 6.92 Å². The molecule has 0 unspecified atom stereocenters. The molecule has 8 heteroatoms. The first-order valence-corrected chi connectivity index (χ1v) is 9.76. The summed E-state index contributed by atoms with van der Waals surface area (Å²) in [5.74, 6) is -0.0334. The summed E-state index contributed by atoms with van der Waals surface area (Å²) in [4.78, 5) is 27.8. The Hall–Kier alpha value is -2.39. The molecule has 0 bridgehead atoms. The SMILES string of the molecule is CCOc1cc(/C=C2\N=C(c3ccc(Cl)cc3)OC2=O)cc(I)c1OC(C)=O. The highest BCUT2D eigenvalue weighted by Crippen LogP contribution is 2.35. The molecule has 0 amide bonds. The summed E-state index contributed by atoms with van der Waals surface area (Å²) >= 11 is 7.92. The molecule has 2 aromatic rings. The zero-order valence-corrected chi connectivity index (χ0v) is 17.9. The topological polar surface area (TPSA) is 74.2 Å². The fourth-order valence-corrected chi connectivity index (χ4v) is 3.32. The third-order valence-electron chi connectivity index (χ3n) is 3.59. The van der Waals surface area contributed by atoms with E-state index in [0.29, 0.717) is 37.8 Å². The molecule has 0 saturated carbocycles. The lowest BCUT2D eigenvalue weighted by molar-refractivity contribution is -0.132. The van der Waals surface area contributed by atoms with Gasteiger partial charge >= 0.3 is 11.9 Å². The summed E-state index contributed by atoms with van der Waals surface area (Å²) in [6.45, 7) is 3.54. The highest BCUT2D eigenvalue weighted by molar-refractivity contribution is 14.1. The van der Waals surface area contributed by atoms with Crippen molar-refractivity contribution >= 4 is 58.1 Å². The molecule has 0 N–H and O–H groups in total. The van der Waals surface area contributed by atoms with Crippen LogP contribution in [0.1, 0.15) is 25.0 Å². The molecule has 0 atom stereocenters. The van der Waals surface area contributed by atoms with Crippen LogP contribution < -0.4 is 9.47 Å². The molecule has 0 saturated heterocycles. The number of halogens is 2. The molecular weight excluding hydrogens is 497 g/mol. The number of esters is 2. The summed E-state index contributed by atoms with van der Waals surface area (Å²) in [6, 6.07) is 10.3. The van der Waals surface area contributed by atoms with Gasteiger partial charge in [0.2, 0.25) is 5.90 Å². The van der Waals surface area contributed by atoms with Gasteiger partial charge in [-0.05, 0) is 77.6 Å². The minimum atomic E-state index is -0.554. The lowest BCUT2D eigenvalue weighted by Crippen LogP contribution is -2.06. The van der Waals surface area contributed by atoms with Crippen LogP contribution in [0.25, 0.3) is 6.08 Å². The largest absolute Gasteiger partial charge is 0.490 e.